The zero-order valence-electron chi connectivity index (χ0n) is 9.96. The highest BCUT2D eigenvalue weighted by molar-refractivity contribution is 5.27. The monoisotopic (exact) mass is 225 g/mol. The predicted molar refractivity (Wildman–Crippen MR) is 63.7 cm³/mol. The van der Waals surface area contributed by atoms with Crippen LogP contribution in [0.3, 0.4) is 0 Å². The minimum absolute atomic E-state index is 0.0663. The molecule has 3 heteroatoms. The molecule has 0 fully saturated rings. The minimum atomic E-state index is -0.275. The molecule has 16 heavy (non-hydrogen) atoms. The van der Waals surface area contributed by atoms with Crippen molar-refractivity contribution >= 4 is 0 Å². The maximum atomic E-state index is 13.0. The summed E-state index contributed by atoms with van der Waals surface area (Å²) < 4.78 is 13.0. The largest absolute Gasteiger partial charge is 0.396 e. The van der Waals surface area contributed by atoms with Gasteiger partial charge < -0.3 is 10.8 Å². The van der Waals surface area contributed by atoms with Crippen molar-refractivity contribution in [3.05, 3.63) is 35.1 Å². The summed E-state index contributed by atoms with van der Waals surface area (Å²) in [5.74, 6) is -0.222. The fourth-order valence-electron chi connectivity index (χ4n) is 1.84. The van der Waals surface area contributed by atoms with Crippen LogP contribution < -0.4 is 5.73 Å². The second kappa shape index (κ2) is 5.41. The van der Waals surface area contributed by atoms with E-state index in [1.54, 1.807) is 6.07 Å². The second-order valence-corrected chi connectivity index (χ2v) is 4.46. The highest BCUT2D eigenvalue weighted by atomic mass is 19.1. The van der Waals surface area contributed by atoms with Crippen LogP contribution in [0.15, 0.2) is 18.2 Å². The summed E-state index contributed by atoms with van der Waals surface area (Å²) in [5, 5.41) is 9.43. The summed E-state index contributed by atoms with van der Waals surface area (Å²) in [6.45, 7) is 4.41. The molecule has 1 unspecified atom stereocenters. The van der Waals surface area contributed by atoms with Gasteiger partial charge in [0.25, 0.3) is 0 Å². The SMILES string of the molecule is CCC(CN)(CO)Cc1ccc(F)cc1C. The maximum absolute atomic E-state index is 13.0. The van der Waals surface area contributed by atoms with Crippen LogP contribution in [-0.4, -0.2) is 18.3 Å². The van der Waals surface area contributed by atoms with E-state index in [9.17, 15) is 9.50 Å². The molecule has 1 atom stereocenters. The Morgan fingerprint density at radius 3 is 2.56 bits per heavy atom. The molecule has 0 aliphatic heterocycles. The van der Waals surface area contributed by atoms with Gasteiger partial charge in [0.1, 0.15) is 5.82 Å². The first-order valence-corrected chi connectivity index (χ1v) is 5.63. The highest BCUT2D eigenvalue weighted by Crippen LogP contribution is 2.27. The van der Waals surface area contributed by atoms with Gasteiger partial charge in [-0.25, -0.2) is 4.39 Å². The summed E-state index contributed by atoms with van der Waals surface area (Å²) in [4.78, 5) is 0. The topological polar surface area (TPSA) is 46.2 Å². The number of hydrogen-bond donors (Lipinski definition) is 2. The Kier molecular flexibility index (Phi) is 4.44. The van der Waals surface area contributed by atoms with Crippen molar-refractivity contribution in [1.29, 1.82) is 0 Å². The Morgan fingerprint density at radius 1 is 1.44 bits per heavy atom. The number of hydrogen-bond acceptors (Lipinski definition) is 2. The third-order valence-corrected chi connectivity index (χ3v) is 3.39. The molecular formula is C13H20FNO. The molecule has 0 bridgehead atoms. The molecular weight excluding hydrogens is 205 g/mol. The van der Waals surface area contributed by atoms with Crippen LogP contribution in [0.5, 0.6) is 0 Å². The Hall–Kier alpha value is -0.930. The zero-order chi connectivity index (χ0) is 12.2. The third-order valence-electron chi connectivity index (χ3n) is 3.39. The lowest BCUT2D eigenvalue weighted by Gasteiger charge is -2.29. The molecule has 90 valence electrons. The minimum Gasteiger partial charge on any atom is -0.396 e. The standard InChI is InChI=1S/C13H20FNO/c1-3-13(8-15,9-16)7-11-4-5-12(14)6-10(11)2/h4-6,16H,3,7-9,15H2,1-2H3. The van der Waals surface area contributed by atoms with Crippen molar-refractivity contribution in [1.82, 2.24) is 0 Å². The van der Waals surface area contributed by atoms with Crippen LogP contribution in [0.1, 0.15) is 24.5 Å². The molecule has 1 rings (SSSR count). The van der Waals surface area contributed by atoms with Crippen LogP contribution in [0.2, 0.25) is 0 Å². The molecule has 0 aliphatic carbocycles. The fourth-order valence-corrected chi connectivity index (χ4v) is 1.84. The first kappa shape index (κ1) is 13.1. The zero-order valence-corrected chi connectivity index (χ0v) is 9.96. The van der Waals surface area contributed by atoms with Gasteiger partial charge in [0.05, 0.1) is 6.61 Å². The number of nitrogens with two attached hydrogens (primary N) is 1. The van der Waals surface area contributed by atoms with E-state index in [1.165, 1.54) is 12.1 Å². The Labute approximate surface area is 96.3 Å². The summed E-state index contributed by atoms with van der Waals surface area (Å²) in [7, 11) is 0. The molecule has 0 spiro atoms. The van der Waals surface area contributed by atoms with Crippen molar-refractivity contribution in [2.24, 2.45) is 11.1 Å². The van der Waals surface area contributed by atoms with Crippen molar-refractivity contribution in [2.45, 2.75) is 26.7 Å². The van der Waals surface area contributed by atoms with Crippen molar-refractivity contribution in [3.63, 3.8) is 0 Å². The van der Waals surface area contributed by atoms with Gasteiger partial charge in [0.2, 0.25) is 0 Å². The average Bonchev–Trinajstić information content (AvgIpc) is 2.29. The lowest BCUT2D eigenvalue weighted by Crippen LogP contribution is -2.36. The number of aliphatic hydroxyl groups is 1. The summed E-state index contributed by atoms with van der Waals surface area (Å²) in [6, 6.07) is 4.75. The summed E-state index contributed by atoms with van der Waals surface area (Å²) >= 11 is 0. The Morgan fingerprint density at radius 2 is 2.12 bits per heavy atom. The van der Waals surface area contributed by atoms with Gasteiger partial charge in [0, 0.05) is 12.0 Å². The van der Waals surface area contributed by atoms with Crippen LogP contribution in [0.25, 0.3) is 0 Å². The quantitative estimate of drug-likeness (QED) is 0.805. The van der Waals surface area contributed by atoms with E-state index in [2.05, 4.69) is 0 Å². The van der Waals surface area contributed by atoms with Crippen molar-refractivity contribution in [2.75, 3.05) is 13.2 Å². The number of halogens is 1. The molecule has 0 saturated heterocycles. The fraction of sp³-hybridized carbons (Fsp3) is 0.538. The highest BCUT2D eigenvalue weighted by Gasteiger charge is 2.26. The van der Waals surface area contributed by atoms with E-state index in [1.807, 2.05) is 13.8 Å². The molecule has 0 radical (unpaired) electrons. The molecule has 0 aromatic heterocycles. The number of aryl methyl sites for hydroxylation is 1. The maximum Gasteiger partial charge on any atom is 0.123 e. The number of aliphatic hydroxyl groups excluding tert-OH is 1. The summed E-state index contributed by atoms with van der Waals surface area (Å²) in [6.07, 6.45) is 1.51. The van der Waals surface area contributed by atoms with E-state index >= 15 is 0 Å². The van der Waals surface area contributed by atoms with E-state index in [0.717, 1.165) is 17.5 Å². The molecule has 0 heterocycles. The molecule has 0 saturated carbocycles. The van der Waals surface area contributed by atoms with Crippen LogP contribution in [0.4, 0.5) is 4.39 Å². The van der Waals surface area contributed by atoms with E-state index in [-0.39, 0.29) is 17.8 Å². The smallest absolute Gasteiger partial charge is 0.123 e. The third kappa shape index (κ3) is 2.80. The van der Waals surface area contributed by atoms with Gasteiger partial charge in [-0.15, -0.1) is 0 Å². The van der Waals surface area contributed by atoms with E-state index in [0.29, 0.717) is 13.0 Å². The summed E-state index contributed by atoms with van der Waals surface area (Å²) in [5.41, 5.74) is 7.42. The average molecular weight is 225 g/mol. The van der Waals surface area contributed by atoms with Gasteiger partial charge in [-0.1, -0.05) is 13.0 Å². The van der Waals surface area contributed by atoms with Gasteiger partial charge >= 0.3 is 0 Å². The molecule has 2 nitrogen and oxygen atoms in total. The molecule has 0 aliphatic rings. The molecule has 1 aromatic carbocycles. The lowest BCUT2D eigenvalue weighted by molar-refractivity contribution is 0.127. The lowest BCUT2D eigenvalue weighted by atomic mass is 9.79. The van der Waals surface area contributed by atoms with Crippen LogP contribution >= 0.6 is 0 Å². The van der Waals surface area contributed by atoms with Gasteiger partial charge in [-0.3, -0.25) is 0 Å². The molecule has 3 N–H and O–H groups in total. The Bertz CT molecular complexity index is 340. The first-order chi connectivity index (χ1) is 7.56. The van der Waals surface area contributed by atoms with E-state index in [4.69, 9.17) is 5.73 Å². The van der Waals surface area contributed by atoms with Gasteiger partial charge in [-0.2, -0.15) is 0 Å². The first-order valence-electron chi connectivity index (χ1n) is 5.63. The second-order valence-electron chi connectivity index (χ2n) is 4.46. The Balaban J connectivity index is 2.93. The predicted octanol–water partition coefficient (Wildman–Crippen LogP) is 2.02. The van der Waals surface area contributed by atoms with Gasteiger partial charge in [-0.05, 0) is 43.0 Å². The van der Waals surface area contributed by atoms with Crippen LogP contribution in [-0.2, 0) is 6.42 Å². The van der Waals surface area contributed by atoms with Crippen LogP contribution in [0, 0.1) is 18.2 Å². The normalized spacial score (nSPS) is 14.8. The number of benzene rings is 1. The molecule has 0 amide bonds. The van der Waals surface area contributed by atoms with Gasteiger partial charge in [0.15, 0.2) is 0 Å². The number of rotatable bonds is 5. The molecule has 1 aromatic rings. The van der Waals surface area contributed by atoms with Crippen molar-refractivity contribution in [3.8, 4) is 0 Å². The van der Waals surface area contributed by atoms with Crippen molar-refractivity contribution < 1.29 is 9.50 Å². The van der Waals surface area contributed by atoms with E-state index < -0.39 is 0 Å².